The summed E-state index contributed by atoms with van der Waals surface area (Å²) < 4.78 is 1.39. The van der Waals surface area contributed by atoms with E-state index in [0.717, 1.165) is 11.3 Å². The fourth-order valence-corrected chi connectivity index (χ4v) is 4.00. The Morgan fingerprint density at radius 1 is 1.46 bits per heavy atom. The molecule has 74 valence electrons. The lowest BCUT2D eigenvalue weighted by molar-refractivity contribution is 0.281. The molecule has 0 heterocycles. The van der Waals surface area contributed by atoms with E-state index >= 15 is 0 Å². The molecule has 2 rings (SSSR count). The third-order valence-electron chi connectivity index (χ3n) is 4.02. The Morgan fingerprint density at radius 2 is 2.15 bits per heavy atom. The predicted octanol–water partition coefficient (Wildman–Crippen LogP) is 4.50. The fraction of sp³-hybridized carbons (Fsp3) is 0.833. The van der Waals surface area contributed by atoms with Crippen LogP contribution in [0.4, 0.5) is 0 Å². The van der Waals surface area contributed by atoms with Crippen LogP contribution >= 0.6 is 15.9 Å². The smallest absolute Gasteiger partial charge is 0.00866 e. The molecule has 0 saturated heterocycles. The molecule has 0 N–H and O–H groups in total. The van der Waals surface area contributed by atoms with E-state index in [-0.39, 0.29) is 0 Å². The van der Waals surface area contributed by atoms with Crippen LogP contribution in [-0.2, 0) is 0 Å². The Labute approximate surface area is 89.9 Å². The van der Waals surface area contributed by atoms with Gasteiger partial charge in [-0.3, -0.25) is 0 Å². The molecule has 2 aliphatic rings. The molecule has 0 spiro atoms. The second-order valence-electron chi connectivity index (χ2n) is 5.66. The molecule has 0 aliphatic heterocycles. The van der Waals surface area contributed by atoms with Gasteiger partial charge in [-0.05, 0) is 53.8 Å². The van der Waals surface area contributed by atoms with E-state index in [1.807, 2.05) is 0 Å². The molecule has 0 amide bonds. The highest BCUT2D eigenvalue weighted by Gasteiger charge is 2.60. The van der Waals surface area contributed by atoms with Crippen LogP contribution in [0, 0.1) is 16.7 Å². The molecular formula is C12H19Br. The van der Waals surface area contributed by atoms with E-state index in [2.05, 4.69) is 42.8 Å². The molecule has 1 heteroatoms. The Morgan fingerprint density at radius 3 is 2.62 bits per heavy atom. The van der Waals surface area contributed by atoms with Crippen molar-refractivity contribution in [3.63, 3.8) is 0 Å². The summed E-state index contributed by atoms with van der Waals surface area (Å²) in [5.41, 5.74) is 1.32. The number of hydrogen-bond donors (Lipinski definition) is 0. The van der Waals surface area contributed by atoms with Crippen molar-refractivity contribution in [3.05, 3.63) is 10.6 Å². The number of hydrogen-bond acceptors (Lipinski definition) is 0. The lowest BCUT2D eigenvalue weighted by atomic mass is 9.80. The van der Waals surface area contributed by atoms with Gasteiger partial charge in [0.2, 0.25) is 0 Å². The SMILES string of the molecule is C/C=C(/Br)CC1(C)CC2CC2(C)C1. The van der Waals surface area contributed by atoms with Gasteiger partial charge in [0, 0.05) is 0 Å². The first kappa shape index (κ1) is 9.76. The van der Waals surface area contributed by atoms with Crippen LogP contribution in [0.2, 0.25) is 0 Å². The first-order valence-electron chi connectivity index (χ1n) is 5.28. The standard InChI is InChI=1S/C12H19Br/c1-4-10(13)7-11(2)5-9-6-12(9,3)8-11/h4,9H,5-8H2,1-3H3/b10-4+. The van der Waals surface area contributed by atoms with Crippen LogP contribution in [-0.4, -0.2) is 0 Å². The third-order valence-corrected chi connectivity index (χ3v) is 4.76. The first-order chi connectivity index (χ1) is 5.97. The highest BCUT2D eigenvalue weighted by atomic mass is 79.9. The minimum Gasteiger partial charge on any atom is -0.0775 e. The van der Waals surface area contributed by atoms with Crippen LogP contribution in [0.15, 0.2) is 10.6 Å². The maximum absolute atomic E-state index is 3.64. The molecule has 0 bridgehead atoms. The summed E-state index contributed by atoms with van der Waals surface area (Å²) in [5, 5.41) is 0. The van der Waals surface area contributed by atoms with Crippen molar-refractivity contribution >= 4 is 15.9 Å². The highest BCUT2D eigenvalue weighted by Crippen LogP contribution is 2.70. The summed E-state index contributed by atoms with van der Waals surface area (Å²) in [6.45, 7) is 7.03. The van der Waals surface area contributed by atoms with Crippen LogP contribution < -0.4 is 0 Å². The predicted molar refractivity (Wildman–Crippen MR) is 60.9 cm³/mol. The summed E-state index contributed by atoms with van der Waals surface area (Å²) in [6.07, 6.45) is 7.82. The zero-order chi connectivity index (χ0) is 9.69. The van der Waals surface area contributed by atoms with E-state index < -0.39 is 0 Å². The lowest BCUT2D eigenvalue weighted by Gasteiger charge is -2.26. The van der Waals surface area contributed by atoms with Crippen LogP contribution in [0.25, 0.3) is 0 Å². The zero-order valence-corrected chi connectivity index (χ0v) is 10.4. The van der Waals surface area contributed by atoms with Gasteiger partial charge in [-0.1, -0.05) is 35.9 Å². The first-order valence-corrected chi connectivity index (χ1v) is 6.07. The van der Waals surface area contributed by atoms with Gasteiger partial charge in [-0.15, -0.1) is 0 Å². The van der Waals surface area contributed by atoms with Gasteiger partial charge in [-0.25, -0.2) is 0 Å². The van der Waals surface area contributed by atoms with Crippen LogP contribution in [0.3, 0.4) is 0 Å². The van der Waals surface area contributed by atoms with Crippen molar-refractivity contribution in [2.45, 2.75) is 46.5 Å². The highest BCUT2D eigenvalue weighted by molar-refractivity contribution is 9.11. The minimum absolute atomic E-state index is 0.586. The maximum atomic E-state index is 3.64. The molecular weight excluding hydrogens is 224 g/mol. The van der Waals surface area contributed by atoms with Crippen molar-refractivity contribution in [2.75, 3.05) is 0 Å². The van der Waals surface area contributed by atoms with Gasteiger partial charge < -0.3 is 0 Å². The van der Waals surface area contributed by atoms with Crippen molar-refractivity contribution in [1.82, 2.24) is 0 Å². The Balaban J connectivity index is 2.00. The van der Waals surface area contributed by atoms with Gasteiger partial charge in [0.25, 0.3) is 0 Å². The van der Waals surface area contributed by atoms with E-state index in [1.165, 1.54) is 30.2 Å². The Hall–Kier alpha value is 0.220. The largest absolute Gasteiger partial charge is 0.0775 e. The van der Waals surface area contributed by atoms with Gasteiger partial charge in [0.05, 0.1) is 0 Å². The second-order valence-corrected chi connectivity index (χ2v) is 6.68. The molecule has 0 aromatic heterocycles. The molecule has 0 aromatic carbocycles. The van der Waals surface area contributed by atoms with Crippen LogP contribution in [0.1, 0.15) is 46.5 Å². The molecule has 3 unspecified atom stereocenters. The summed E-state index contributed by atoms with van der Waals surface area (Å²) in [7, 11) is 0. The number of allylic oxidation sites excluding steroid dienone is 2. The minimum atomic E-state index is 0.586. The van der Waals surface area contributed by atoms with E-state index in [4.69, 9.17) is 0 Å². The maximum Gasteiger partial charge on any atom is -0.00866 e. The fourth-order valence-electron chi connectivity index (χ4n) is 3.33. The third kappa shape index (κ3) is 1.72. The normalized spacial score (nSPS) is 49.2. The summed E-state index contributed by atoms with van der Waals surface area (Å²) in [6, 6.07) is 0. The van der Waals surface area contributed by atoms with Crippen molar-refractivity contribution in [3.8, 4) is 0 Å². The lowest BCUT2D eigenvalue weighted by Crippen LogP contribution is -2.15. The van der Waals surface area contributed by atoms with Crippen molar-refractivity contribution < 1.29 is 0 Å². The summed E-state index contributed by atoms with van der Waals surface area (Å²) in [5.74, 6) is 1.05. The Kier molecular flexibility index (Phi) is 2.14. The van der Waals surface area contributed by atoms with E-state index in [9.17, 15) is 0 Å². The zero-order valence-electron chi connectivity index (χ0n) is 8.86. The molecule has 13 heavy (non-hydrogen) atoms. The number of fused-ring (bicyclic) bond motifs is 1. The average Bonchev–Trinajstić information content (AvgIpc) is 2.51. The molecule has 2 fully saturated rings. The van der Waals surface area contributed by atoms with Gasteiger partial charge in [0.15, 0.2) is 0 Å². The average molecular weight is 243 g/mol. The van der Waals surface area contributed by atoms with Gasteiger partial charge in [-0.2, -0.15) is 0 Å². The summed E-state index contributed by atoms with van der Waals surface area (Å²) >= 11 is 3.64. The van der Waals surface area contributed by atoms with Gasteiger partial charge in [0.1, 0.15) is 0 Å². The van der Waals surface area contributed by atoms with Crippen molar-refractivity contribution in [2.24, 2.45) is 16.7 Å². The second kappa shape index (κ2) is 2.85. The van der Waals surface area contributed by atoms with Crippen LogP contribution in [0.5, 0.6) is 0 Å². The number of halogens is 1. The quantitative estimate of drug-likeness (QED) is 0.669. The van der Waals surface area contributed by atoms with E-state index in [0.29, 0.717) is 5.41 Å². The monoisotopic (exact) mass is 242 g/mol. The topological polar surface area (TPSA) is 0 Å². The molecule has 3 atom stereocenters. The summed E-state index contributed by atoms with van der Waals surface area (Å²) in [4.78, 5) is 0. The molecule has 0 nitrogen and oxygen atoms in total. The van der Waals surface area contributed by atoms with Crippen molar-refractivity contribution in [1.29, 1.82) is 0 Å². The van der Waals surface area contributed by atoms with E-state index in [1.54, 1.807) is 0 Å². The molecule has 2 saturated carbocycles. The molecule has 2 aliphatic carbocycles. The number of rotatable bonds is 2. The molecule has 0 aromatic rings. The molecule has 0 radical (unpaired) electrons. The Bertz CT molecular complexity index is 256. The van der Waals surface area contributed by atoms with Gasteiger partial charge >= 0.3 is 0 Å².